The van der Waals surface area contributed by atoms with Gasteiger partial charge < -0.3 is 15.3 Å². The van der Waals surface area contributed by atoms with E-state index < -0.39 is 0 Å². The molecule has 114 valence electrons. The summed E-state index contributed by atoms with van der Waals surface area (Å²) in [6, 6.07) is 0.597. The first-order chi connectivity index (χ1) is 9.74. The molecule has 0 spiro atoms. The number of hydrogen-bond donors (Lipinski definition) is 2. The summed E-state index contributed by atoms with van der Waals surface area (Å²) in [6.45, 7) is 4.43. The van der Waals surface area contributed by atoms with E-state index in [2.05, 4.69) is 10.2 Å². The van der Waals surface area contributed by atoms with E-state index in [0.29, 0.717) is 13.0 Å². The summed E-state index contributed by atoms with van der Waals surface area (Å²) < 4.78 is 0. The van der Waals surface area contributed by atoms with Crippen molar-refractivity contribution >= 4 is 5.91 Å². The number of nitrogens with zero attached hydrogens (tertiary/aromatic N) is 2. The highest BCUT2D eigenvalue weighted by molar-refractivity contribution is 5.82. The van der Waals surface area contributed by atoms with Crippen LogP contribution in [0.2, 0.25) is 0 Å². The lowest BCUT2D eigenvalue weighted by Crippen LogP contribution is -2.45. The molecule has 0 aromatic heterocycles. The molecule has 0 aromatic carbocycles. The number of nitrogens with one attached hydrogen (secondary N) is 1. The molecule has 2 atom stereocenters. The Bertz CT molecular complexity index is 344. The van der Waals surface area contributed by atoms with Crippen LogP contribution >= 0.6 is 0 Å². The maximum absolute atomic E-state index is 12.5. The van der Waals surface area contributed by atoms with Crippen molar-refractivity contribution in [3.8, 4) is 0 Å². The van der Waals surface area contributed by atoms with E-state index in [9.17, 15) is 9.90 Å². The number of β-amino-alcohol motifs (C(OH)–C–C–N with tert-alkyl or cyclic N) is 1. The van der Waals surface area contributed by atoms with E-state index in [0.717, 1.165) is 38.6 Å². The van der Waals surface area contributed by atoms with Crippen LogP contribution in [0.4, 0.5) is 0 Å². The van der Waals surface area contributed by atoms with Gasteiger partial charge in [0.15, 0.2) is 0 Å². The van der Waals surface area contributed by atoms with Crippen molar-refractivity contribution in [3.63, 3.8) is 0 Å². The minimum absolute atomic E-state index is 0.164. The second kappa shape index (κ2) is 6.41. The van der Waals surface area contributed by atoms with E-state index >= 15 is 0 Å². The van der Waals surface area contributed by atoms with Crippen molar-refractivity contribution in [2.75, 3.05) is 32.7 Å². The first kappa shape index (κ1) is 14.3. The second-order valence-corrected chi connectivity index (χ2v) is 6.50. The third-order valence-electron chi connectivity index (χ3n) is 5.09. The van der Waals surface area contributed by atoms with Gasteiger partial charge in [-0.1, -0.05) is 12.8 Å². The molecular weight excluding hydrogens is 254 g/mol. The molecule has 2 saturated heterocycles. The van der Waals surface area contributed by atoms with E-state index in [1.807, 2.05) is 4.90 Å². The summed E-state index contributed by atoms with van der Waals surface area (Å²) in [7, 11) is 0. The van der Waals surface area contributed by atoms with Crippen LogP contribution in [-0.4, -0.2) is 71.7 Å². The highest BCUT2D eigenvalue weighted by atomic mass is 16.3. The average Bonchev–Trinajstić information content (AvgIpc) is 3.05. The fraction of sp³-hybridized carbons (Fsp3) is 0.933. The van der Waals surface area contributed by atoms with Gasteiger partial charge in [0, 0.05) is 38.8 Å². The molecule has 2 heterocycles. The largest absolute Gasteiger partial charge is 0.392 e. The summed E-state index contributed by atoms with van der Waals surface area (Å²) in [5.41, 5.74) is 0. The van der Waals surface area contributed by atoms with Crippen LogP contribution in [0.1, 0.15) is 38.5 Å². The molecule has 1 aliphatic carbocycles. The van der Waals surface area contributed by atoms with Gasteiger partial charge in [0.1, 0.15) is 0 Å². The monoisotopic (exact) mass is 281 g/mol. The zero-order valence-corrected chi connectivity index (χ0v) is 12.3. The van der Waals surface area contributed by atoms with Gasteiger partial charge in [-0.2, -0.15) is 0 Å². The first-order valence-electron chi connectivity index (χ1n) is 8.18. The highest BCUT2D eigenvalue weighted by Crippen LogP contribution is 2.24. The van der Waals surface area contributed by atoms with Crippen molar-refractivity contribution in [3.05, 3.63) is 0 Å². The third kappa shape index (κ3) is 3.15. The van der Waals surface area contributed by atoms with E-state index in [4.69, 9.17) is 0 Å². The lowest BCUT2D eigenvalue weighted by Gasteiger charge is -2.28. The predicted octanol–water partition coefficient (Wildman–Crippen LogP) is 0.186. The maximum atomic E-state index is 12.5. The van der Waals surface area contributed by atoms with Crippen LogP contribution in [0.25, 0.3) is 0 Å². The molecule has 0 unspecified atom stereocenters. The van der Waals surface area contributed by atoms with Crippen LogP contribution < -0.4 is 5.32 Å². The van der Waals surface area contributed by atoms with Gasteiger partial charge in [-0.15, -0.1) is 0 Å². The van der Waals surface area contributed by atoms with E-state index in [1.165, 1.54) is 25.7 Å². The zero-order valence-electron chi connectivity index (χ0n) is 12.3. The Hall–Kier alpha value is -0.650. The van der Waals surface area contributed by atoms with Gasteiger partial charge in [0.25, 0.3) is 0 Å². The number of hydrogen-bond acceptors (Lipinski definition) is 4. The Kier molecular flexibility index (Phi) is 4.58. The van der Waals surface area contributed by atoms with Gasteiger partial charge in [-0.25, -0.2) is 0 Å². The highest BCUT2D eigenvalue weighted by Gasteiger charge is 2.33. The molecule has 2 aliphatic heterocycles. The van der Waals surface area contributed by atoms with Gasteiger partial charge in [-0.3, -0.25) is 9.69 Å². The summed E-state index contributed by atoms with van der Waals surface area (Å²) in [5, 5.41) is 12.7. The normalized spacial score (nSPS) is 33.5. The van der Waals surface area contributed by atoms with Crippen molar-refractivity contribution in [1.29, 1.82) is 0 Å². The zero-order chi connectivity index (χ0) is 13.9. The molecule has 0 radical (unpaired) electrons. The maximum Gasteiger partial charge on any atom is 0.239 e. The smallest absolute Gasteiger partial charge is 0.239 e. The molecule has 2 N–H and O–H groups in total. The fourth-order valence-corrected chi connectivity index (χ4v) is 3.92. The Balaban J connectivity index is 1.52. The molecular formula is C15H27N3O2. The minimum atomic E-state index is -0.356. The van der Waals surface area contributed by atoms with Gasteiger partial charge >= 0.3 is 0 Å². The van der Waals surface area contributed by atoms with Crippen molar-refractivity contribution in [2.24, 2.45) is 0 Å². The molecule has 1 amide bonds. The SMILES string of the molecule is O=C([C@@H]1C[C@H](O)CN1)N1CCCN(C2CCCC2)CC1. The lowest BCUT2D eigenvalue weighted by atomic mass is 10.2. The summed E-state index contributed by atoms with van der Waals surface area (Å²) in [5.74, 6) is 0.190. The number of aliphatic hydroxyl groups excluding tert-OH is 1. The molecule has 3 rings (SSSR count). The molecule has 1 saturated carbocycles. The van der Waals surface area contributed by atoms with Crippen LogP contribution in [0.3, 0.4) is 0 Å². The number of rotatable bonds is 2. The molecule has 0 bridgehead atoms. The number of amides is 1. The molecule has 3 fully saturated rings. The lowest BCUT2D eigenvalue weighted by molar-refractivity contribution is -0.133. The summed E-state index contributed by atoms with van der Waals surface area (Å²) in [6.07, 6.45) is 6.71. The third-order valence-corrected chi connectivity index (χ3v) is 5.09. The van der Waals surface area contributed by atoms with Crippen molar-refractivity contribution < 1.29 is 9.90 Å². The number of carbonyl (C=O) groups excluding carboxylic acids is 1. The van der Waals surface area contributed by atoms with Crippen molar-refractivity contribution in [1.82, 2.24) is 15.1 Å². The average molecular weight is 281 g/mol. The number of aliphatic hydroxyl groups is 1. The van der Waals surface area contributed by atoms with Gasteiger partial charge in [0.05, 0.1) is 12.1 Å². The Labute approximate surface area is 121 Å². The van der Waals surface area contributed by atoms with Crippen LogP contribution in [0.5, 0.6) is 0 Å². The van der Waals surface area contributed by atoms with E-state index in [1.54, 1.807) is 0 Å². The van der Waals surface area contributed by atoms with Crippen LogP contribution in [-0.2, 0) is 4.79 Å². The second-order valence-electron chi connectivity index (χ2n) is 6.50. The Morgan fingerprint density at radius 1 is 1.05 bits per heavy atom. The van der Waals surface area contributed by atoms with E-state index in [-0.39, 0.29) is 18.1 Å². The van der Waals surface area contributed by atoms with Gasteiger partial charge in [0.2, 0.25) is 5.91 Å². The molecule has 5 heteroatoms. The molecule has 3 aliphatic rings. The fourth-order valence-electron chi connectivity index (χ4n) is 3.92. The van der Waals surface area contributed by atoms with Crippen LogP contribution in [0.15, 0.2) is 0 Å². The predicted molar refractivity (Wildman–Crippen MR) is 77.4 cm³/mol. The summed E-state index contributed by atoms with van der Waals surface area (Å²) >= 11 is 0. The topological polar surface area (TPSA) is 55.8 Å². The first-order valence-corrected chi connectivity index (χ1v) is 8.18. The van der Waals surface area contributed by atoms with Gasteiger partial charge in [-0.05, 0) is 25.7 Å². The molecule has 20 heavy (non-hydrogen) atoms. The standard InChI is InChI=1S/C15H27N3O2/c19-13-10-14(16-11-13)15(20)18-7-3-6-17(8-9-18)12-4-1-2-5-12/h12-14,16,19H,1-11H2/t13-,14-/m0/s1. The van der Waals surface area contributed by atoms with Crippen molar-refractivity contribution in [2.45, 2.75) is 56.7 Å². The Morgan fingerprint density at radius 2 is 1.85 bits per heavy atom. The number of carbonyl (C=O) groups is 1. The quantitative estimate of drug-likeness (QED) is 0.758. The summed E-state index contributed by atoms with van der Waals surface area (Å²) in [4.78, 5) is 17.1. The minimum Gasteiger partial charge on any atom is -0.392 e. The molecule has 0 aromatic rings. The molecule has 5 nitrogen and oxygen atoms in total. The Morgan fingerprint density at radius 3 is 2.55 bits per heavy atom. The van der Waals surface area contributed by atoms with Crippen LogP contribution in [0, 0.1) is 0 Å².